The monoisotopic (exact) mass is 234 g/mol. The Labute approximate surface area is 99.6 Å². The van der Waals surface area contributed by atoms with Crippen LogP contribution in [0.5, 0.6) is 5.75 Å². The van der Waals surface area contributed by atoms with Gasteiger partial charge in [-0.25, -0.2) is 4.39 Å². The molecule has 4 heteroatoms. The van der Waals surface area contributed by atoms with Crippen LogP contribution < -0.4 is 16.2 Å². The largest absolute Gasteiger partial charge is 0.494 e. The van der Waals surface area contributed by atoms with Crippen LogP contribution in [0.1, 0.15) is 5.56 Å². The van der Waals surface area contributed by atoms with Gasteiger partial charge in [-0.1, -0.05) is 30.4 Å². The predicted octanol–water partition coefficient (Wildman–Crippen LogP) is 1.44. The van der Waals surface area contributed by atoms with E-state index in [-0.39, 0.29) is 11.8 Å². The summed E-state index contributed by atoms with van der Waals surface area (Å²) >= 11 is 0. The molecule has 0 spiro atoms. The maximum atomic E-state index is 13.3. The Bertz CT molecular complexity index is 484. The van der Waals surface area contributed by atoms with Crippen LogP contribution in [-0.2, 0) is 5.54 Å². The summed E-state index contributed by atoms with van der Waals surface area (Å²) in [5, 5.41) is 0. The highest BCUT2D eigenvalue weighted by molar-refractivity contribution is 5.42. The Kier molecular flexibility index (Phi) is 3.00. The first kappa shape index (κ1) is 11.8. The maximum Gasteiger partial charge on any atom is 0.165 e. The summed E-state index contributed by atoms with van der Waals surface area (Å²) < 4.78 is 18.3. The van der Waals surface area contributed by atoms with E-state index >= 15 is 0 Å². The highest BCUT2D eigenvalue weighted by atomic mass is 19.1. The second-order valence-electron chi connectivity index (χ2n) is 4.05. The molecule has 0 amide bonds. The lowest BCUT2D eigenvalue weighted by Gasteiger charge is -2.33. The molecule has 0 fully saturated rings. The van der Waals surface area contributed by atoms with E-state index in [0.717, 1.165) is 5.56 Å². The van der Waals surface area contributed by atoms with Crippen LogP contribution >= 0.6 is 0 Å². The van der Waals surface area contributed by atoms with Crippen molar-refractivity contribution in [1.82, 2.24) is 0 Å². The lowest BCUT2D eigenvalue weighted by atomic mass is 9.81. The highest BCUT2D eigenvalue weighted by Crippen LogP contribution is 2.30. The van der Waals surface area contributed by atoms with E-state index in [9.17, 15) is 4.39 Å². The van der Waals surface area contributed by atoms with Gasteiger partial charge < -0.3 is 16.2 Å². The number of hydrogen-bond donors (Lipinski definition) is 2. The lowest BCUT2D eigenvalue weighted by Crippen LogP contribution is -2.50. The first-order valence-electron chi connectivity index (χ1n) is 5.32. The molecule has 1 aliphatic carbocycles. The number of rotatable bonds is 2. The van der Waals surface area contributed by atoms with E-state index in [0.29, 0.717) is 0 Å². The Hall–Kier alpha value is -1.65. The first-order chi connectivity index (χ1) is 8.08. The minimum Gasteiger partial charge on any atom is -0.494 e. The molecule has 1 aliphatic rings. The third-order valence-electron chi connectivity index (χ3n) is 3.00. The summed E-state index contributed by atoms with van der Waals surface area (Å²) in [5.41, 5.74) is 12.1. The fraction of sp³-hybridized carbons (Fsp3) is 0.231. The van der Waals surface area contributed by atoms with E-state index in [1.807, 2.05) is 24.3 Å². The molecule has 3 nitrogen and oxygen atoms in total. The van der Waals surface area contributed by atoms with Crippen LogP contribution in [0.3, 0.4) is 0 Å². The van der Waals surface area contributed by atoms with Crippen molar-refractivity contribution in [3.05, 3.63) is 53.9 Å². The molecule has 17 heavy (non-hydrogen) atoms. The average Bonchev–Trinajstić information content (AvgIpc) is 2.33. The van der Waals surface area contributed by atoms with Gasteiger partial charge in [-0.05, 0) is 17.7 Å². The maximum absolute atomic E-state index is 13.3. The Morgan fingerprint density at radius 1 is 1.35 bits per heavy atom. The molecule has 4 N–H and O–H groups in total. The zero-order valence-corrected chi connectivity index (χ0v) is 9.56. The molecule has 0 bridgehead atoms. The van der Waals surface area contributed by atoms with Crippen LogP contribution in [0.15, 0.2) is 42.5 Å². The van der Waals surface area contributed by atoms with Gasteiger partial charge in [-0.3, -0.25) is 0 Å². The summed E-state index contributed by atoms with van der Waals surface area (Å²) in [6.45, 7) is 0. The molecule has 0 heterocycles. The van der Waals surface area contributed by atoms with Gasteiger partial charge in [-0.15, -0.1) is 0 Å². The van der Waals surface area contributed by atoms with E-state index in [1.165, 1.54) is 13.2 Å². The normalized spacial score (nSPS) is 27.2. The van der Waals surface area contributed by atoms with Crippen molar-refractivity contribution in [2.24, 2.45) is 11.5 Å². The molecule has 0 aromatic heterocycles. The summed E-state index contributed by atoms with van der Waals surface area (Å²) in [5.74, 6) is -0.244. The van der Waals surface area contributed by atoms with Gasteiger partial charge in [0, 0.05) is 6.04 Å². The van der Waals surface area contributed by atoms with Crippen molar-refractivity contribution in [3.63, 3.8) is 0 Å². The second kappa shape index (κ2) is 4.31. The molecule has 0 aliphatic heterocycles. The standard InChI is InChI=1S/C13H15FN2O/c1-17-11-8-9(5-6-10(11)14)13(16)7-3-2-4-12(13)15/h2-8,12H,15-16H2,1H3. The van der Waals surface area contributed by atoms with Gasteiger partial charge in [0.05, 0.1) is 12.6 Å². The Balaban J connectivity index is 2.46. The smallest absolute Gasteiger partial charge is 0.165 e. The summed E-state index contributed by atoms with van der Waals surface area (Å²) in [6, 6.07) is 4.20. The van der Waals surface area contributed by atoms with Gasteiger partial charge in [0.2, 0.25) is 0 Å². The number of nitrogens with two attached hydrogens (primary N) is 2. The van der Waals surface area contributed by atoms with Crippen LogP contribution in [0.4, 0.5) is 4.39 Å². The molecule has 90 valence electrons. The van der Waals surface area contributed by atoms with Gasteiger partial charge >= 0.3 is 0 Å². The van der Waals surface area contributed by atoms with Crippen molar-refractivity contribution in [1.29, 1.82) is 0 Å². The van der Waals surface area contributed by atoms with Gasteiger partial charge in [-0.2, -0.15) is 0 Å². The lowest BCUT2D eigenvalue weighted by molar-refractivity contribution is 0.383. The van der Waals surface area contributed by atoms with Crippen molar-refractivity contribution >= 4 is 0 Å². The molecular weight excluding hydrogens is 219 g/mol. The Morgan fingerprint density at radius 2 is 2.12 bits per heavy atom. The third-order valence-corrected chi connectivity index (χ3v) is 3.00. The highest BCUT2D eigenvalue weighted by Gasteiger charge is 2.32. The first-order valence-corrected chi connectivity index (χ1v) is 5.32. The minimum absolute atomic E-state index is 0.169. The van der Waals surface area contributed by atoms with E-state index in [2.05, 4.69) is 0 Å². The summed E-state index contributed by atoms with van der Waals surface area (Å²) in [4.78, 5) is 0. The van der Waals surface area contributed by atoms with Crippen molar-refractivity contribution < 1.29 is 9.13 Å². The zero-order valence-electron chi connectivity index (χ0n) is 9.56. The molecule has 2 atom stereocenters. The van der Waals surface area contributed by atoms with E-state index in [4.69, 9.17) is 16.2 Å². The number of hydrogen-bond acceptors (Lipinski definition) is 3. The van der Waals surface area contributed by atoms with E-state index in [1.54, 1.807) is 12.1 Å². The fourth-order valence-electron chi connectivity index (χ4n) is 1.89. The van der Waals surface area contributed by atoms with Crippen LogP contribution in [-0.4, -0.2) is 13.2 Å². The molecule has 0 saturated heterocycles. The van der Waals surface area contributed by atoms with Crippen molar-refractivity contribution in [3.8, 4) is 5.75 Å². The Morgan fingerprint density at radius 3 is 2.76 bits per heavy atom. The topological polar surface area (TPSA) is 61.3 Å². The van der Waals surface area contributed by atoms with Gasteiger partial charge in [0.15, 0.2) is 11.6 Å². The quantitative estimate of drug-likeness (QED) is 0.814. The molecule has 2 rings (SSSR count). The number of ether oxygens (including phenoxy) is 1. The summed E-state index contributed by atoms with van der Waals surface area (Å²) in [7, 11) is 1.42. The van der Waals surface area contributed by atoms with Crippen molar-refractivity contribution in [2.45, 2.75) is 11.6 Å². The molecule has 0 radical (unpaired) electrons. The zero-order chi connectivity index (χ0) is 12.5. The third kappa shape index (κ3) is 1.97. The van der Waals surface area contributed by atoms with E-state index < -0.39 is 11.4 Å². The van der Waals surface area contributed by atoms with Crippen LogP contribution in [0.25, 0.3) is 0 Å². The number of methoxy groups -OCH3 is 1. The van der Waals surface area contributed by atoms with Crippen LogP contribution in [0.2, 0.25) is 0 Å². The molecule has 1 aromatic rings. The molecule has 2 unspecified atom stereocenters. The predicted molar refractivity (Wildman–Crippen MR) is 65.1 cm³/mol. The average molecular weight is 234 g/mol. The number of allylic oxidation sites excluding steroid dienone is 2. The second-order valence-corrected chi connectivity index (χ2v) is 4.05. The van der Waals surface area contributed by atoms with Crippen LogP contribution in [0, 0.1) is 5.82 Å². The fourth-order valence-corrected chi connectivity index (χ4v) is 1.89. The summed E-state index contributed by atoms with van der Waals surface area (Å²) in [6.07, 6.45) is 7.30. The minimum atomic E-state index is -0.824. The number of halogens is 1. The number of benzene rings is 1. The van der Waals surface area contributed by atoms with Crippen molar-refractivity contribution in [2.75, 3.05) is 7.11 Å². The molecule has 1 aromatic carbocycles. The van der Waals surface area contributed by atoms with Gasteiger partial charge in [0.25, 0.3) is 0 Å². The van der Waals surface area contributed by atoms with Gasteiger partial charge in [0.1, 0.15) is 0 Å². The molecular formula is C13H15FN2O. The molecule has 0 saturated carbocycles. The SMILES string of the molecule is COc1cc(C2(N)C=CC=CC2N)ccc1F.